The topological polar surface area (TPSA) is 27.7 Å². The summed E-state index contributed by atoms with van der Waals surface area (Å²) in [6.45, 7) is 2.39. The van der Waals surface area contributed by atoms with Crippen LogP contribution in [0, 0.1) is 0 Å². The number of rotatable bonds is 8. The van der Waals surface area contributed by atoms with Crippen LogP contribution in [0.1, 0.15) is 36.0 Å². The Kier molecular flexibility index (Phi) is 7.78. The van der Waals surface area contributed by atoms with Crippen LogP contribution in [0.3, 0.4) is 0 Å². The Labute approximate surface area is 165 Å². The zero-order valence-corrected chi connectivity index (χ0v) is 16.3. The van der Waals surface area contributed by atoms with Gasteiger partial charge in [0, 0.05) is 22.2 Å². The van der Waals surface area contributed by atoms with Crippen molar-refractivity contribution in [2.45, 2.75) is 45.2 Å². The zero-order chi connectivity index (χ0) is 18.2. The monoisotopic (exact) mass is 394 g/mol. The van der Waals surface area contributed by atoms with Crippen molar-refractivity contribution in [1.82, 2.24) is 0 Å². The fraction of sp³-hybridized carbons (Fsp3) is 0.429. The fourth-order valence-electron chi connectivity index (χ4n) is 2.97. The summed E-state index contributed by atoms with van der Waals surface area (Å²) in [5, 5.41) is 1.27. The Morgan fingerprint density at radius 3 is 2.50 bits per heavy atom. The smallest absolute Gasteiger partial charge is 0.157 e. The van der Waals surface area contributed by atoms with E-state index < -0.39 is 0 Å². The fourth-order valence-corrected chi connectivity index (χ4v) is 3.47. The SMILES string of the molecule is Clc1cccc(Cl)c1COCc1cccc(CCOC2CCCCO2)c1. The first-order valence-corrected chi connectivity index (χ1v) is 9.79. The van der Waals surface area contributed by atoms with E-state index in [0.29, 0.717) is 29.9 Å². The molecule has 0 spiro atoms. The molecular weight excluding hydrogens is 371 g/mol. The van der Waals surface area contributed by atoms with E-state index in [9.17, 15) is 0 Å². The second-order valence-corrected chi connectivity index (χ2v) is 7.24. The highest BCUT2D eigenvalue weighted by atomic mass is 35.5. The molecule has 1 fully saturated rings. The predicted octanol–water partition coefficient (Wildman–Crippen LogP) is 5.80. The van der Waals surface area contributed by atoms with Gasteiger partial charge in [-0.25, -0.2) is 0 Å². The molecule has 0 saturated carbocycles. The summed E-state index contributed by atoms with van der Waals surface area (Å²) >= 11 is 12.3. The molecule has 26 heavy (non-hydrogen) atoms. The second kappa shape index (κ2) is 10.3. The number of halogens is 2. The molecule has 0 aromatic heterocycles. The molecule has 3 rings (SSSR count). The highest BCUT2D eigenvalue weighted by Gasteiger charge is 2.13. The summed E-state index contributed by atoms with van der Waals surface area (Å²) in [5.74, 6) is 0. The minimum atomic E-state index is -0.0318. The average molecular weight is 395 g/mol. The number of hydrogen-bond donors (Lipinski definition) is 0. The van der Waals surface area contributed by atoms with Gasteiger partial charge in [-0.1, -0.05) is 53.5 Å². The minimum absolute atomic E-state index is 0.0318. The van der Waals surface area contributed by atoms with Crippen LogP contribution in [0.5, 0.6) is 0 Å². The van der Waals surface area contributed by atoms with Gasteiger partial charge in [0.2, 0.25) is 0 Å². The van der Waals surface area contributed by atoms with Crippen molar-refractivity contribution in [3.63, 3.8) is 0 Å². The normalized spacial score (nSPS) is 17.4. The van der Waals surface area contributed by atoms with E-state index in [2.05, 4.69) is 18.2 Å². The van der Waals surface area contributed by atoms with Crippen molar-refractivity contribution in [2.75, 3.05) is 13.2 Å². The van der Waals surface area contributed by atoms with E-state index in [-0.39, 0.29) is 6.29 Å². The molecule has 1 saturated heterocycles. The molecule has 1 atom stereocenters. The van der Waals surface area contributed by atoms with Gasteiger partial charge in [0.25, 0.3) is 0 Å². The third-order valence-electron chi connectivity index (χ3n) is 4.40. The lowest BCUT2D eigenvalue weighted by molar-refractivity contribution is -0.161. The van der Waals surface area contributed by atoms with Gasteiger partial charge < -0.3 is 14.2 Å². The lowest BCUT2D eigenvalue weighted by atomic mass is 10.1. The molecule has 3 nitrogen and oxygen atoms in total. The van der Waals surface area contributed by atoms with Crippen LogP contribution in [0.2, 0.25) is 10.0 Å². The Morgan fingerprint density at radius 2 is 1.73 bits per heavy atom. The van der Waals surface area contributed by atoms with Gasteiger partial charge in [-0.3, -0.25) is 0 Å². The average Bonchev–Trinajstić information content (AvgIpc) is 2.65. The first-order valence-electron chi connectivity index (χ1n) is 9.04. The van der Waals surface area contributed by atoms with Crippen LogP contribution in [0.15, 0.2) is 42.5 Å². The molecule has 5 heteroatoms. The molecule has 0 radical (unpaired) electrons. The van der Waals surface area contributed by atoms with Gasteiger partial charge in [0.05, 0.1) is 19.8 Å². The molecule has 1 aliphatic heterocycles. The van der Waals surface area contributed by atoms with Crippen LogP contribution >= 0.6 is 23.2 Å². The number of benzene rings is 2. The number of ether oxygens (including phenoxy) is 3. The summed E-state index contributed by atoms with van der Waals surface area (Å²) < 4.78 is 17.2. The van der Waals surface area contributed by atoms with E-state index >= 15 is 0 Å². The standard InChI is InChI=1S/C21H24Cl2O3/c22-19-7-4-8-20(23)18(19)15-24-14-17-6-3-5-16(13-17)10-12-26-21-9-1-2-11-25-21/h3-8,13,21H,1-2,9-12,14-15H2. The largest absolute Gasteiger partial charge is 0.372 e. The molecular formula is C21H24Cl2O3. The van der Waals surface area contributed by atoms with Crippen molar-refractivity contribution < 1.29 is 14.2 Å². The Balaban J connectivity index is 1.45. The first kappa shape index (κ1) is 19.7. The molecule has 0 N–H and O–H groups in total. The third kappa shape index (κ3) is 5.97. The van der Waals surface area contributed by atoms with Gasteiger partial charge in [-0.05, 0) is 48.9 Å². The van der Waals surface area contributed by atoms with Crippen LogP contribution in [0.25, 0.3) is 0 Å². The van der Waals surface area contributed by atoms with Gasteiger partial charge in [-0.2, -0.15) is 0 Å². The molecule has 1 heterocycles. The van der Waals surface area contributed by atoms with Crippen LogP contribution < -0.4 is 0 Å². The molecule has 0 bridgehead atoms. The maximum Gasteiger partial charge on any atom is 0.157 e. The minimum Gasteiger partial charge on any atom is -0.372 e. The Morgan fingerprint density at radius 1 is 0.962 bits per heavy atom. The van der Waals surface area contributed by atoms with Crippen molar-refractivity contribution in [3.05, 3.63) is 69.2 Å². The van der Waals surface area contributed by atoms with Crippen LogP contribution in [0.4, 0.5) is 0 Å². The van der Waals surface area contributed by atoms with E-state index in [0.717, 1.165) is 37.0 Å². The van der Waals surface area contributed by atoms with Crippen LogP contribution in [-0.2, 0) is 33.8 Å². The predicted molar refractivity (Wildman–Crippen MR) is 105 cm³/mol. The van der Waals surface area contributed by atoms with Crippen molar-refractivity contribution in [3.8, 4) is 0 Å². The summed E-state index contributed by atoms with van der Waals surface area (Å²) in [5.41, 5.74) is 3.19. The highest BCUT2D eigenvalue weighted by molar-refractivity contribution is 6.35. The zero-order valence-electron chi connectivity index (χ0n) is 14.8. The van der Waals surface area contributed by atoms with Crippen molar-refractivity contribution in [2.24, 2.45) is 0 Å². The Hall–Kier alpha value is -1.10. The molecule has 2 aromatic carbocycles. The summed E-state index contributed by atoms with van der Waals surface area (Å²) in [6.07, 6.45) is 4.16. The summed E-state index contributed by atoms with van der Waals surface area (Å²) in [4.78, 5) is 0. The van der Waals surface area contributed by atoms with Crippen molar-refractivity contribution >= 4 is 23.2 Å². The summed E-state index contributed by atoms with van der Waals surface area (Å²) in [6, 6.07) is 13.8. The first-order chi connectivity index (χ1) is 12.7. The molecule has 0 aliphatic carbocycles. The second-order valence-electron chi connectivity index (χ2n) is 6.43. The lowest BCUT2D eigenvalue weighted by Gasteiger charge is -2.22. The molecule has 140 valence electrons. The van der Waals surface area contributed by atoms with E-state index in [1.165, 1.54) is 12.0 Å². The molecule has 1 aliphatic rings. The van der Waals surface area contributed by atoms with E-state index in [1.54, 1.807) is 0 Å². The quantitative estimate of drug-likeness (QED) is 0.566. The van der Waals surface area contributed by atoms with Gasteiger partial charge in [0.15, 0.2) is 6.29 Å². The Bertz CT molecular complexity index is 679. The molecule has 2 aromatic rings. The molecule has 0 amide bonds. The summed E-state index contributed by atoms with van der Waals surface area (Å²) in [7, 11) is 0. The molecule has 1 unspecified atom stereocenters. The maximum absolute atomic E-state index is 6.17. The van der Waals surface area contributed by atoms with Gasteiger partial charge in [0.1, 0.15) is 0 Å². The number of hydrogen-bond acceptors (Lipinski definition) is 3. The highest BCUT2D eigenvalue weighted by Crippen LogP contribution is 2.25. The third-order valence-corrected chi connectivity index (χ3v) is 5.11. The lowest BCUT2D eigenvalue weighted by Crippen LogP contribution is -2.23. The van der Waals surface area contributed by atoms with Crippen LogP contribution in [-0.4, -0.2) is 19.5 Å². The maximum atomic E-state index is 6.17. The van der Waals surface area contributed by atoms with Crippen molar-refractivity contribution in [1.29, 1.82) is 0 Å². The van der Waals surface area contributed by atoms with E-state index in [1.807, 2.05) is 24.3 Å². The van der Waals surface area contributed by atoms with Gasteiger partial charge in [-0.15, -0.1) is 0 Å². The van der Waals surface area contributed by atoms with Gasteiger partial charge >= 0.3 is 0 Å². The van der Waals surface area contributed by atoms with E-state index in [4.69, 9.17) is 37.4 Å².